The lowest BCUT2D eigenvalue weighted by Gasteiger charge is -2.24. The molecule has 1 atom stereocenters. The van der Waals surface area contributed by atoms with Gasteiger partial charge in [-0.1, -0.05) is 70.8 Å². The van der Waals surface area contributed by atoms with Crippen LogP contribution in [0.1, 0.15) is 90.4 Å². The molecule has 3 nitrogen and oxygen atoms in total. The van der Waals surface area contributed by atoms with E-state index in [1.165, 1.54) is 63.9 Å². The SMILES string of the molecule is C[C@H](C=O)CCCCCCCCCC1(/C=C/C(=O)O)CCCC1. The topological polar surface area (TPSA) is 54.4 Å². The van der Waals surface area contributed by atoms with E-state index in [0.29, 0.717) is 0 Å². The van der Waals surface area contributed by atoms with Gasteiger partial charge in [0.25, 0.3) is 0 Å². The van der Waals surface area contributed by atoms with Crippen molar-refractivity contribution in [2.75, 3.05) is 0 Å². The minimum Gasteiger partial charge on any atom is -0.478 e. The van der Waals surface area contributed by atoms with Crippen LogP contribution in [0.2, 0.25) is 0 Å². The molecule has 0 aromatic rings. The summed E-state index contributed by atoms with van der Waals surface area (Å²) in [4.78, 5) is 21.3. The number of aldehydes is 1. The second-order valence-corrected chi connectivity index (χ2v) is 7.37. The van der Waals surface area contributed by atoms with Gasteiger partial charge in [-0.05, 0) is 31.1 Å². The van der Waals surface area contributed by atoms with E-state index in [1.54, 1.807) is 0 Å². The fourth-order valence-electron chi connectivity index (χ4n) is 3.72. The minimum absolute atomic E-state index is 0.170. The van der Waals surface area contributed by atoms with Gasteiger partial charge in [-0.3, -0.25) is 0 Å². The average Bonchev–Trinajstić information content (AvgIpc) is 3.00. The number of aliphatic carboxylic acids is 1. The van der Waals surface area contributed by atoms with E-state index in [2.05, 4.69) is 0 Å². The van der Waals surface area contributed by atoms with E-state index in [4.69, 9.17) is 5.11 Å². The minimum atomic E-state index is -0.819. The number of hydrogen-bond acceptors (Lipinski definition) is 2. The molecular weight excluding hydrogens is 288 g/mol. The zero-order chi connectivity index (χ0) is 17.0. The Hall–Kier alpha value is -1.12. The molecule has 1 fully saturated rings. The van der Waals surface area contributed by atoms with Gasteiger partial charge in [0.1, 0.15) is 6.29 Å². The van der Waals surface area contributed by atoms with Crippen LogP contribution >= 0.6 is 0 Å². The molecule has 1 rings (SSSR count). The summed E-state index contributed by atoms with van der Waals surface area (Å²) in [6.07, 6.45) is 20.1. The van der Waals surface area contributed by atoms with Gasteiger partial charge in [-0.15, -0.1) is 0 Å². The van der Waals surface area contributed by atoms with Gasteiger partial charge in [-0.2, -0.15) is 0 Å². The molecule has 0 aromatic carbocycles. The maximum atomic E-state index is 10.8. The largest absolute Gasteiger partial charge is 0.478 e. The van der Waals surface area contributed by atoms with Crippen molar-refractivity contribution in [3.05, 3.63) is 12.2 Å². The lowest BCUT2D eigenvalue weighted by molar-refractivity contribution is -0.131. The van der Waals surface area contributed by atoms with Crippen molar-refractivity contribution in [2.45, 2.75) is 90.4 Å². The van der Waals surface area contributed by atoms with Gasteiger partial charge < -0.3 is 9.90 Å². The Bertz CT molecular complexity index is 367. The van der Waals surface area contributed by atoms with Crippen molar-refractivity contribution in [1.29, 1.82) is 0 Å². The lowest BCUT2D eigenvalue weighted by atomic mass is 9.80. The Kier molecular flexibility index (Phi) is 9.89. The summed E-state index contributed by atoms with van der Waals surface area (Å²) in [6, 6.07) is 0. The van der Waals surface area contributed by atoms with Crippen LogP contribution in [0, 0.1) is 11.3 Å². The summed E-state index contributed by atoms with van der Waals surface area (Å²) in [5.41, 5.74) is 0.170. The highest BCUT2D eigenvalue weighted by molar-refractivity contribution is 5.79. The van der Waals surface area contributed by atoms with Crippen molar-refractivity contribution >= 4 is 12.3 Å². The normalized spacial score (nSPS) is 18.3. The average molecular weight is 322 g/mol. The number of carbonyl (C=O) groups is 2. The van der Waals surface area contributed by atoms with Gasteiger partial charge in [0.15, 0.2) is 0 Å². The molecule has 0 unspecified atom stereocenters. The predicted octanol–water partition coefficient (Wildman–Crippen LogP) is 5.53. The first-order chi connectivity index (χ1) is 11.1. The van der Waals surface area contributed by atoms with E-state index in [9.17, 15) is 9.59 Å². The second-order valence-electron chi connectivity index (χ2n) is 7.37. The van der Waals surface area contributed by atoms with Crippen LogP contribution in [-0.2, 0) is 9.59 Å². The molecule has 0 heterocycles. The first kappa shape index (κ1) is 19.9. The molecule has 132 valence electrons. The molecule has 0 radical (unpaired) electrons. The molecule has 0 saturated heterocycles. The summed E-state index contributed by atoms with van der Waals surface area (Å²) in [6.45, 7) is 1.99. The van der Waals surface area contributed by atoms with Crippen LogP contribution in [0.5, 0.6) is 0 Å². The van der Waals surface area contributed by atoms with Gasteiger partial charge in [-0.25, -0.2) is 4.79 Å². The summed E-state index contributed by atoms with van der Waals surface area (Å²) < 4.78 is 0. The highest BCUT2D eigenvalue weighted by Gasteiger charge is 2.30. The third-order valence-electron chi connectivity index (χ3n) is 5.25. The predicted molar refractivity (Wildman–Crippen MR) is 94.5 cm³/mol. The maximum Gasteiger partial charge on any atom is 0.327 e. The first-order valence-electron chi connectivity index (χ1n) is 9.45. The quantitative estimate of drug-likeness (QED) is 0.275. The monoisotopic (exact) mass is 322 g/mol. The smallest absolute Gasteiger partial charge is 0.327 e. The van der Waals surface area contributed by atoms with E-state index < -0.39 is 5.97 Å². The molecule has 1 aliphatic rings. The summed E-state index contributed by atoms with van der Waals surface area (Å²) >= 11 is 0. The molecule has 0 bridgehead atoms. The highest BCUT2D eigenvalue weighted by Crippen LogP contribution is 2.43. The van der Waals surface area contributed by atoms with Crippen molar-refractivity contribution in [3.63, 3.8) is 0 Å². The number of carbonyl (C=O) groups excluding carboxylic acids is 1. The standard InChI is InChI=1S/C20H34O3/c1-18(17-21)11-7-5-3-2-4-6-8-13-20(14-9-10-15-20)16-12-19(22)23/h12,16-18H,2-11,13-15H2,1H3,(H,22,23)/b16-12+/t18-/m0/s1. The molecule has 0 aromatic heterocycles. The summed E-state index contributed by atoms with van der Waals surface area (Å²) in [7, 11) is 0. The van der Waals surface area contributed by atoms with Crippen molar-refractivity contribution in [3.8, 4) is 0 Å². The Morgan fingerprint density at radius 1 is 1.04 bits per heavy atom. The number of rotatable bonds is 13. The van der Waals surface area contributed by atoms with Crippen LogP contribution in [0.3, 0.4) is 0 Å². The summed E-state index contributed by atoms with van der Waals surface area (Å²) in [5.74, 6) is -0.600. The second kappa shape index (κ2) is 11.4. The zero-order valence-corrected chi connectivity index (χ0v) is 14.8. The zero-order valence-electron chi connectivity index (χ0n) is 14.8. The molecule has 0 spiro atoms. The molecule has 0 amide bonds. The van der Waals surface area contributed by atoms with E-state index in [-0.39, 0.29) is 11.3 Å². The van der Waals surface area contributed by atoms with Crippen molar-refractivity contribution < 1.29 is 14.7 Å². The fraction of sp³-hybridized carbons (Fsp3) is 0.800. The van der Waals surface area contributed by atoms with Crippen molar-refractivity contribution in [1.82, 2.24) is 0 Å². The van der Waals surface area contributed by atoms with Gasteiger partial charge in [0, 0.05) is 12.0 Å². The highest BCUT2D eigenvalue weighted by atomic mass is 16.4. The molecule has 1 aliphatic carbocycles. The first-order valence-corrected chi connectivity index (χ1v) is 9.45. The van der Waals surface area contributed by atoms with Gasteiger partial charge in [0.2, 0.25) is 0 Å². The Morgan fingerprint density at radius 3 is 2.17 bits per heavy atom. The van der Waals surface area contributed by atoms with Crippen LogP contribution in [-0.4, -0.2) is 17.4 Å². The fourth-order valence-corrected chi connectivity index (χ4v) is 3.72. The molecule has 1 N–H and O–H groups in total. The van der Waals surface area contributed by atoms with E-state index in [0.717, 1.165) is 32.0 Å². The Morgan fingerprint density at radius 2 is 1.61 bits per heavy atom. The number of hydrogen-bond donors (Lipinski definition) is 1. The van der Waals surface area contributed by atoms with E-state index in [1.807, 2.05) is 13.0 Å². The van der Waals surface area contributed by atoms with Crippen molar-refractivity contribution in [2.24, 2.45) is 11.3 Å². The molecule has 0 aliphatic heterocycles. The third-order valence-corrected chi connectivity index (χ3v) is 5.25. The Balaban J connectivity index is 2.06. The van der Waals surface area contributed by atoms with Crippen LogP contribution in [0.15, 0.2) is 12.2 Å². The van der Waals surface area contributed by atoms with Crippen LogP contribution in [0.4, 0.5) is 0 Å². The number of carboxylic acids is 1. The van der Waals surface area contributed by atoms with Gasteiger partial charge >= 0.3 is 5.97 Å². The van der Waals surface area contributed by atoms with E-state index >= 15 is 0 Å². The molecule has 3 heteroatoms. The van der Waals surface area contributed by atoms with Crippen LogP contribution < -0.4 is 0 Å². The molecule has 23 heavy (non-hydrogen) atoms. The summed E-state index contributed by atoms with van der Waals surface area (Å²) in [5, 5.41) is 8.84. The lowest BCUT2D eigenvalue weighted by Crippen LogP contribution is -2.13. The number of unbranched alkanes of at least 4 members (excludes halogenated alkanes) is 6. The third kappa shape index (κ3) is 8.92. The number of allylic oxidation sites excluding steroid dienone is 1. The van der Waals surface area contributed by atoms with Gasteiger partial charge in [0.05, 0.1) is 0 Å². The van der Waals surface area contributed by atoms with Crippen LogP contribution in [0.25, 0.3) is 0 Å². The molecular formula is C20H34O3. The Labute approximate surface area is 141 Å². The number of carboxylic acid groups (broad SMARTS) is 1. The molecule has 1 saturated carbocycles. The maximum absolute atomic E-state index is 10.8.